The predicted molar refractivity (Wildman–Crippen MR) is 70.9 cm³/mol. The van der Waals surface area contributed by atoms with E-state index in [4.69, 9.17) is 0 Å². The molecule has 1 unspecified atom stereocenters. The molecule has 2 rings (SSSR count). The van der Waals surface area contributed by atoms with E-state index in [1.807, 2.05) is 56.6 Å². The van der Waals surface area contributed by atoms with E-state index >= 15 is 0 Å². The van der Waals surface area contributed by atoms with Crippen LogP contribution in [0.3, 0.4) is 0 Å². The van der Waals surface area contributed by atoms with E-state index in [1.165, 1.54) is 0 Å². The van der Waals surface area contributed by atoms with Crippen LogP contribution in [0.15, 0.2) is 42.6 Å². The maximum atomic E-state index is 10.4. The number of aromatic nitrogens is 2. The molecule has 4 nitrogen and oxygen atoms in total. The third-order valence-corrected chi connectivity index (χ3v) is 2.94. The maximum absolute atomic E-state index is 10.4. The third-order valence-electron chi connectivity index (χ3n) is 2.94. The number of rotatable bonds is 5. The number of aliphatic hydroxyl groups is 1. The first-order valence-corrected chi connectivity index (χ1v) is 6.05. The summed E-state index contributed by atoms with van der Waals surface area (Å²) in [6.07, 6.45) is 1.91. The van der Waals surface area contributed by atoms with Crippen molar-refractivity contribution in [3.63, 3.8) is 0 Å². The Balaban J connectivity index is 1.89. The van der Waals surface area contributed by atoms with Crippen molar-refractivity contribution in [3.8, 4) is 0 Å². The van der Waals surface area contributed by atoms with Crippen LogP contribution in [0.25, 0.3) is 0 Å². The summed E-state index contributed by atoms with van der Waals surface area (Å²) < 4.78 is 1.77. The van der Waals surface area contributed by atoms with Crippen molar-refractivity contribution >= 4 is 0 Å². The highest BCUT2D eigenvalue weighted by atomic mass is 16.3. The summed E-state index contributed by atoms with van der Waals surface area (Å²) >= 11 is 0. The molecule has 0 spiro atoms. The second kappa shape index (κ2) is 5.33. The van der Waals surface area contributed by atoms with Gasteiger partial charge in [-0.3, -0.25) is 4.68 Å². The van der Waals surface area contributed by atoms with Gasteiger partial charge >= 0.3 is 0 Å². The lowest BCUT2D eigenvalue weighted by molar-refractivity contribution is 0.0566. The molecule has 18 heavy (non-hydrogen) atoms. The molecule has 0 saturated carbocycles. The summed E-state index contributed by atoms with van der Waals surface area (Å²) in [6.45, 7) is 2.96. The normalized spacial score (nSPS) is 14.4. The highest BCUT2D eigenvalue weighted by molar-refractivity contribution is 5.21. The maximum Gasteiger partial charge on any atom is 0.0992 e. The van der Waals surface area contributed by atoms with Crippen molar-refractivity contribution in [2.24, 2.45) is 7.05 Å². The van der Waals surface area contributed by atoms with Gasteiger partial charge < -0.3 is 10.4 Å². The number of hydrogen-bond donors (Lipinski definition) is 2. The number of hydrogen-bond acceptors (Lipinski definition) is 3. The van der Waals surface area contributed by atoms with Gasteiger partial charge in [0.25, 0.3) is 0 Å². The number of nitrogens with zero attached hydrogens (tertiary/aromatic N) is 2. The second-order valence-electron chi connectivity index (χ2n) is 4.72. The van der Waals surface area contributed by atoms with E-state index in [1.54, 1.807) is 4.68 Å². The van der Waals surface area contributed by atoms with Crippen molar-refractivity contribution in [3.05, 3.63) is 53.9 Å². The van der Waals surface area contributed by atoms with Crippen LogP contribution in [0.4, 0.5) is 0 Å². The zero-order valence-electron chi connectivity index (χ0n) is 10.8. The van der Waals surface area contributed by atoms with Crippen LogP contribution in [0.2, 0.25) is 0 Å². The van der Waals surface area contributed by atoms with Gasteiger partial charge in [0.15, 0.2) is 0 Å². The average Bonchev–Trinajstić information content (AvgIpc) is 2.76. The van der Waals surface area contributed by atoms with Gasteiger partial charge in [0, 0.05) is 26.3 Å². The van der Waals surface area contributed by atoms with Crippen LogP contribution in [-0.4, -0.2) is 21.4 Å². The van der Waals surface area contributed by atoms with Crippen molar-refractivity contribution in [1.29, 1.82) is 0 Å². The molecule has 1 aromatic carbocycles. The van der Waals surface area contributed by atoms with E-state index in [0.717, 1.165) is 11.3 Å². The zero-order valence-corrected chi connectivity index (χ0v) is 10.8. The summed E-state index contributed by atoms with van der Waals surface area (Å²) in [4.78, 5) is 0. The van der Waals surface area contributed by atoms with Gasteiger partial charge in [-0.1, -0.05) is 30.3 Å². The minimum atomic E-state index is -0.865. The Bertz CT molecular complexity index is 491. The molecular weight excluding hydrogens is 226 g/mol. The summed E-state index contributed by atoms with van der Waals surface area (Å²) in [5, 5.41) is 17.9. The fourth-order valence-electron chi connectivity index (χ4n) is 1.89. The second-order valence-corrected chi connectivity index (χ2v) is 4.72. The Hall–Kier alpha value is -1.65. The standard InChI is InChI=1S/C14H19N3O/c1-14(18,12-6-4-3-5-7-12)11-15-10-13-8-9-17(2)16-13/h3-9,15,18H,10-11H2,1-2H3. The number of benzene rings is 1. The van der Waals surface area contributed by atoms with Crippen molar-refractivity contribution < 1.29 is 5.11 Å². The van der Waals surface area contributed by atoms with E-state index in [0.29, 0.717) is 13.1 Å². The molecule has 4 heteroatoms. The zero-order chi connectivity index (χ0) is 13.0. The Labute approximate surface area is 107 Å². The highest BCUT2D eigenvalue weighted by Crippen LogP contribution is 2.18. The van der Waals surface area contributed by atoms with Crippen LogP contribution in [-0.2, 0) is 19.2 Å². The van der Waals surface area contributed by atoms with Crippen molar-refractivity contribution in [2.45, 2.75) is 19.1 Å². The highest BCUT2D eigenvalue weighted by Gasteiger charge is 2.21. The number of nitrogens with one attached hydrogen (secondary N) is 1. The van der Waals surface area contributed by atoms with Gasteiger partial charge in [-0.25, -0.2) is 0 Å². The van der Waals surface area contributed by atoms with E-state index in [-0.39, 0.29) is 0 Å². The minimum Gasteiger partial charge on any atom is -0.384 e. The Morgan fingerprint density at radius 1 is 1.28 bits per heavy atom. The smallest absolute Gasteiger partial charge is 0.0992 e. The molecule has 0 amide bonds. The average molecular weight is 245 g/mol. The Morgan fingerprint density at radius 2 is 2.00 bits per heavy atom. The fourth-order valence-corrected chi connectivity index (χ4v) is 1.89. The van der Waals surface area contributed by atoms with Gasteiger partial charge in [0.05, 0.1) is 11.3 Å². The summed E-state index contributed by atoms with van der Waals surface area (Å²) in [5.41, 5.74) is 1.02. The van der Waals surface area contributed by atoms with Crippen LogP contribution in [0.1, 0.15) is 18.2 Å². The molecule has 1 heterocycles. The topological polar surface area (TPSA) is 50.1 Å². The lowest BCUT2D eigenvalue weighted by Gasteiger charge is -2.24. The largest absolute Gasteiger partial charge is 0.384 e. The molecule has 2 aromatic rings. The third kappa shape index (κ3) is 3.18. The molecule has 1 atom stereocenters. The van der Waals surface area contributed by atoms with Gasteiger partial charge in [-0.2, -0.15) is 5.10 Å². The number of aryl methyl sites for hydroxylation is 1. The molecule has 0 aliphatic heterocycles. The fraction of sp³-hybridized carbons (Fsp3) is 0.357. The first kappa shape index (κ1) is 12.8. The molecule has 0 radical (unpaired) electrons. The van der Waals surface area contributed by atoms with Crippen LogP contribution < -0.4 is 5.32 Å². The monoisotopic (exact) mass is 245 g/mol. The molecule has 0 aliphatic carbocycles. The lowest BCUT2D eigenvalue weighted by Crippen LogP contribution is -2.35. The van der Waals surface area contributed by atoms with Crippen LogP contribution in [0, 0.1) is 0 Å². The molecule has 1 aromatic heterocycles. The van der Waals surface area contributed by atoms with Crippen LogP contribution >= 0.6 is 0 Å². The van der Waals surface area contributed by atoms with Crippen molar-refractivity contribution in [2.75, 3.05) is 6.54 Å². The van der Waals surface area contributed by atoms with E-state index in [2.05, 4.69) is 10.4 Å². The first-order valence-electron chi connectivity index (χ1n) is 6.05. The first-order chi connectivity index (χ1) is 8.58. The van der Waals surface area contributed by atoms with Gasteiger partial charge in [0.1, 0.15) is 0 Å². The van der Waals surface area contributed by atoms with Crippen LogP contribution in [0.5, 0.6) is 0 Å². The Morgan fingerprint density at radius 3 is 2.61 bits per heavy atom. The predicted octanol–water partition coefficient (Wildman–Crippen LogP) is 1.42. The van der Waals surface area contributed by atoms with Gasteiger partial charge in [0.2, 0.25) is 0 Å². The summed E-state index contributed by atoms with van der Waals surface area (Å²) in [5.74, 6) is 0. The van der Waals surface area contributed by atoms with Crippen molar-refractivity contribution in [1.82, 2.24) is 15.1 Å². The lowest BCUT2D eigenvalue weighted by atomic mass is 9.96. The quantitative estimate of drug-likeness (QED) is 0.837. The molecule has 0 saturated heterocycles. The summed E-state index contributed by atoms with van der Waals surface area (Å²) in [7, 11) is 1.89. The molecule has 0 fully saturated rings. The Kier molecular flexibility index (Phi) is 3.79. The van der Waals surface area contributed by atoms with Gasteiger partial charge in [-0.15, -0.1) is 0 Å². The van der Waals surface area contributed by atoms with E-state index < -0.39 is 5.60 Å². The molecule has 0 bridgehead atoms. The van der Waals surface area contributed by atoms with Gasteiger partial charge in [-0.05, 0) is 18.6 Å². The summed E-state index contributed by atoms with van der Waals surface area (Å²) in [6, 6.07) is 11.6. The van der Waals surface area contributed by atoms with E-state index in [9.17, 15) is 5.11 Å². The molecule has 0 aliphatic rings. The molecule has 2 N–H and O–H groups in total. The molecular formula is C14H19N3O. The SMILES string of the molecule is Cn1ccc(CNCC(C)(O)c2ccccc2)n1. The molecule has 96 valence electrons. The minimum absolute atomic E-state index is 0.494.